The van der Waals surface area contributed by atoms with E-state index in [1.807, 2.05) is 44.2 Å². The van der Waals surface area contributed by atoms with E-state index in [0.29, 0.717) is 12.1 Å². The van der Waals surface area contributed by atoms with Crippen molar-refractivity contribution >= 4 is 17.9 Å². The van der Waals surface area contributed by atoms with E-state index >= 15 is 0 Å². The van der Waals surface area contributed by atoms with Crippen molar-refractivity contribution in [2.24, 2.45) is 0 Å². The Balaban J connectivity index is 2.06. The average molecular weight is 512 g/mol. The van der Waals surface area contributed by atoms with Crippen molar-refractivity contribution in [3.8, 4) is 5.75 Å². The number of ether oxygens (including phenoxy) is 1. The van der Waals surface area contributed by atoms with Crippen molar-refractivity contribution in [2.75, 3.05) is 6.54 Å². The number of carbonyl (C=O) groups is 3. The Morgan fingerprint density at radius 3 is 2.24 bits per heavy atom. The van der Waals surface area contributed by atoms with E-state index in [1.165, 1.54) is 5.56 Å². The molecule has 0 fully saturated rings. The van der Waals surface area contributed by atoms with E-state index in [-0.39, 0.29) is 18.1 Å². The molecule has 0 aromatic heterocycles. The molecule has 37 heavy (non-hydrogen) atoms. The summed E-state index contributed by atoms with van der Waals surface area (Å²) in [6.45, 7) is 12.8. The number of carbonyl (C=O) groups excluding carboxylic acids is 3. The van der Waals surface area contributed by atoms with Crippen molar-refractivity contribution in [3.63, 3.8) is 0 Å². The summed E-state index contributed by atoms with van der Waals surface area (Å²) in [5, 5.41) is 18.4. The molecule has 0 aliphatic rings. The molecular formula is C29H41N3O5. The van der Waals surface area contributed by atoms with Crippen molar-refractivity contribution in [1.29, 1.82) is 0 Å². The fourth-order valence-electron chi connectivity index (χ4n) is 3.97. The van der Waals surface area contributed by atoms with Crippen molar-refractivity contribution in [2.45, 2.75) is 85.4 Å². The Morgan fingerprint density at radius 1 is 0.973 bits per heavy atom. The molecule has 2 aromatic rings. The lowest BCUT2D eigenvalue weighted by molar-refractivity contribution is -0.129. The molecular weight excluding hydrogens is 470 g/mol. The molecule has 3 amide bonds. The van der Waals surface area contributed by atoms with Crippen LogP contribution in [0, 0.1) is 20.8 Å². The van der Waals surface area contributed by atoms with Gasteiger partial charge in [0.15, 0.2) is 0 Å². The topological polar surface area (TPSA) is 117 Å². The highest BCUT2D eigenvalue weighted by Crippen LogP contribution is 2.27. The smallest absolute Gasteiger partial charge is 0.408 e. The zero-order chi connectivity index (χ0) is 27.8. The standard InChI is InChI=1S/C29H41N3O5/c1-18-16-25(33)20(3)19(2)23(18)17-24(32-28(36)37-29(5,6)7)27(35)31-21(4)26(34)30-15-11-14-22-12-9-8-10-13-22/h8-10,12-13,16,21,24,33H,11,14-15,17H2,1-7H3,(H,30,34)(H,31,35)(H,32,36)/t21-,24+/m1/s1. The number of rotatable bonds is 10. The van der Waals surface area contributed by atoms with Gasteiger partial charge in [0.1, 0.15) is 23.4 Å². The molecule has 0 saturated heterocycles. The zero-order valence-corrected chi connectivity index (χ0v) is 23.0. The maximum absolute atomic E-state index is 13.2. The quantitative estimate of drug-likeness (QED) is 0.360. The first-order valence-electron chi connectivity index (χ1n) is 12.7. The minimum atomic E-state index is -0.982. The molecule has 202 valence electrons. The van der Waals surface area contributed by atoms with Gasteiger partial charge >= 0.3 is 6.09 Å². The van der Waals surface area contributed by atoms with Crippen LogP contribution in [0.2, 0.25) is 0 Å². The number of phenolic OH excluding ortho intramolecular Hbond substituents is 1. The van der Waals surface area contributed by atoms with Crippen LogP contribution in [0.15, 0.2) is 36.4 Å². The van der Waals surface area contributed by atoms with Crippen LogP contribution in [0.3, 0.4) is 0 Å². The van der Waals surface area contributed by atoms with Gasteiger partial charge in [-0.05, 0) is 95.2 Å². The van der Waals surface area contributed by atoms with Gasteiger partial charge in [-0.2, -0.15) is 0 Å². The molecule has 0 aliphatic carbocycles. The Bertz CT molecular complexity index is 1090. The molecule has 0 bridgehead atoms. The molecule has 4 N–H and O–H groups in total. The second-order valence-corrected chi connectivity index (χ2v) is 10.5. The van der Waals surface area contributed by atoms with Gasteiger partial charge in [0.25, 0.3) is 0 Å². The lowest BCUT2D eigenvalue weighted by Gasteiger charge is -2.25. The number of hydrogen-bond acceptors (Lipinski definition) is 5. The van der Waals surface area contributed by atoms with Crippen molar-refractivity contribution in [3.05, 3.63) is 64.2 Å². The maximum atomic E-state index is 13.2. The molecule has 2 atom stereocenters. The summed E-state index contributed by atoms with van der Waals surface area (Å²) in [6.07, 6.45) is 1.07. The highest BCUT2D eigenvalue weighted by molar-refractivity contribution is 5.91. The number of alkyl carbamates (subject to hydrolysis) is 1. The first kappa shape index (κ1) is 29.7. The Morgan fingerprint density at radius 2 is 1.62 bits per heavy atom. The summed E-state index contributed by atoms with van der Waals surface area (Å²) in [4.78, 5) is 38.4. The SMILES string of the molecule is Cc1cc(O)c(C)c(C)c1C[C@H](NC(=O)OC(C)(C)C)C(=O)N[C@H](C)C(=O)NCCCc1ccccc1. The molecule has 8 nitrogen and oxygen atoms in total. The van der Waals surface area contributed by atoms with Crippen LogP contribution in [-0.2, 0) is 27.2 Å². The van der Waals surface area contributed by atoms with Crippen LogP contribution >= 0.6 is 0 Å². The largest absolute Gasteiger partial charge is 0.508 e. The number of aryl methyl sites for hydroxylation is 2. The molecule has 0 spiro atoms. The second kappa shape index (κ2) is 13.1. The van der Waals surface area contributed by atoms with Gasteiger partial charge in [-0.3, -0.25) is 9.59 Å². The summed E-state index contributed by atoms with van der Waals surface area (Å²) >= 11 is 0. The van der Waals surface area contributed by atoms with E-state index in [9.17, 15) is 19.5 Å². The normalized spacial score (nSPS) is 12.8. The lowest BCUT2D eigenvalue weighted by atomic mass is 9.92. The van der Waals surface area contributed by atoms with Gasteiger partial charge in [0.2, 0.25) is 11.8 Å². The van der Waals surface area contributed by atoms with Crippen LogP contribution in [0.1, 0.15) is 61.9 Å². The number of nitrogens with one attached hydrogen (secondary N) is 3. The molecule has 0 aliphatic heterocycles. The number of phenols is 1. The minimum Gasteiger partial charge on any atom is -0.508 e. The first-order valence-corrected chi connectivity index (χ1v) is 12.7. The van der Waals surface area contributed by atoms with Crippen LogP contribution in [-0.4, -0.2) is 47.2 Å². The van der Waals surface area contributed by atoms with Crippen LogP contribution < -0.4 is 16.0 Å². The molecule has 8 heteroatoms. The second-order valence-electron chi connectivity index (χ2n) is 10.5. The lowest BCUT2D eigenvalue weighted by Crippen LogP contribution is -2.54. The summed E-state index contributed by atoms with van der Waals surface area (Å²) in [6, 6.07) is 9.88. The molecule has 0 saturated carbocycles. The Hall–Kier alpha value is -3.55. The van der Waals surface area contributed by atoms with E-state index in [0.717, 1.165) is 29.5 Å². The summed E-state index contributed by atoms with van der Waals surface area (Å²) in [5.41, 5.74) is 3.65. The number of aromatic hydroxyl groups is 1. The summed E-state index contributed by atoms with van der Waals surface area (Å²) in [7, 11) is 0. The van der Waals surface area contributed by atoms with E-state index in [2.05, 4.69) is 16.0 Å². The Kier molecular flexibility index (Phi) is 10.5. The monoisotopic (exact) mass is 511 g/mol. The summed E-state index contributed by atoms with van der Waals surface area (Å²) in [5.74, 6) is -0.620. The van der Waals surface area contributed by atoms with Crippen LogP contribution in [0.4, 0.5) is 4.79 Å². The molecule has 0 unspecified atom stereocenters. The molecule has 0 radical (unpaired) electrons. The third kappa shape index (κ3) is 9.44. The predicted molar refractivity (Wildman–Crippen MR) is 145 cm³/mol. The summed E-state index contributed by atoms with van der Waals surface area (Å²) < 4.78 is 5.36. The van der Waals surface area contributed by atoms with Crippen molar-refractivity contribution < 1.29 is 24.2 Å². The molecule has 2 aromatic carbocycles. The van der Waals surface area contributed by atoms with Crippen LogP contribution in [0.5, 0.6) is 5.75 Å². The van der Waals surface area contributed by atoms with Gasteiger partial charge in [-0.15, -0.1) is 0 Å². The van der Waals surface area contributed by atoms with Gasteiger partial charge in [0, 0.05) is 13.0 Å². The maximum Gasteiger partial charge on any atom is 0.408 e. The number of hydrogen-bond donors (Lipinski definition) is 4. The van der Waals surface area contributed by atoms with Crippen molar-refractivity contribution in [1.82, 2.24) is 16.0 Å². The fourth-order valence-corrected chi connectivity index (χ4v) is 3.97. The van der Waals surface area contributed by atoms with E-state index in [1.54, 1.807) is 40.7 Å². The molecule has 2 rings (SSSR count). The first-order chi connectivity index (χ1) is 17.3. The van der Waals surface area contributed by atoms with Crippen LogP contribution in [0.25, 0.3) is 0 Å². The number of benzene rings is 2. The average Bonchev–Trinajstić information content (AvgIpc) is 2.81. The van der Waals surface area contributed by atoms with Gasteiger partial charge in [0.05, 0.1) is 0 Å². The zero-order valence-electron chi connectivity index (χ0n) is 23.0. The van der Waals surface area contributed by atoms with E-state index in [4.69, 9.17) is 4.74 Å². The Labute approximate surface area is 220 Å². The molecule has 0 heterocycles. The minimum absolute atomic E-state index is 0.176. The van der Waals surface area contributed by atoms with Gasteiger partial charge in [-0.1, -0.05) is 30.3 Å². The highest BCUT2D eigenvalue weighted by Gasteiger charge is 2.28. The van der Waals surface area contributed by atoms with E-state index < -0.39 is 29.7 Å². The predicted octanol–water partition coefficient (Wildman–Crippen LogP) is 4.01. The highest BCUT2D eigenvalue weighted by atomic mass is 16.6. The fraction of sp³-hybridized carbons (Fsp3) is 0.483. The third-order valence-electron chi connectivity index (χ3n) is 6.18. The van der Waals surface area contributed by atoms with Gasteiger partial charge in [-0.25, -0.2) is 4.79 Å². The third-order valence-corrected chi connectivity index (χ3v) is 6.18. The van der Waals surface area contributed by atoms with Gasteiger partial charge < -0.3 is 25.8 Å². The number of amides is 3.